The number of hydrogen-bond donors (Lipinski definition) is 2. The molecule has 1 saturated carbocycles. The van der Waals surface area contributed by atoms with E-state index in [9.17, 15) is 10.4 Å². The van der Waals surface area contributed by atoms with Crippen LogP contribution in [0.1, 0.15) is 64.5 Å². The minimum absolute atomic E-state index is 0.00936. The van der Waals surface area contributed by atoms with Crippen molar-refractivity contribution in [3.05, 3.63) is 55.0 Å². The van der Waals surface area contributed by atoms with Crippen molar-refractivity contribution in [1.29, 1.82) is 5.26 Å². The van der Waals surface area contributed by atoms with Crippen LogP contribution in [0.15, 0.2) is 49.4 Å². The number of rotatable bonds is 13. The van der Waals surface area contributed by atoms with Crippen LogP contribution in [0, 0.1) is 11.3 Å². The summed E-state index contributed by atoms with van der Waals surface area (Å²) >= 11 is 0. The maximum absolute atomic E-state index is 9.67. The first kappa shape index (κ1) is 33.3. The fraction of sp³-hybridized carbons (Fsp3) is 0.529. The number of nitrogens with zero attached hydrogens (tertiary/aromatic N) is 9. The Kier molecular flexibility index (Phi) is 10.5. The van der Waals surface area contributed by atoms with Crippen molar-refractivity contribution >= 4 is 11.6 Å². The Labute approximate surface area is 280 Å². The highest BCUT2D eigenvalue weighted by Gasteiger charge is 2.30. The van der Waals surface area contributed by atoms with E-state index in [1.807, 2.05) is 43.8 Å². The van der Waals surface area contributed by atoms with E-state index in [4.69, 9.17) is 19.3 Å². The molecule has 0 bridgehead atoms. The molecule has 1 aliphatic heterocycles. The molecule has 0 unspecified atom stereocenters. The van der Waals surface area contributed by atoms with Crippen LogP contribution in [0.2, 0.25) is 0 Å². The topological polar surface area (TPSA) is 161 Å². The molecule has 1 aromatic carbocycles. The van der Waals surface area contributed by atoms with E-state index in [2.05, 4.69) is 36.3 Å². The van der Waals surface area contributed by atoms with Crippen molar-refractivity contribution in [2.75, 3.05) is 38.2 Å². The Morgan fingerprint density at radius 1 is 1.10 bits per heavy atom. The molecule has 2 aliphatic rings. The molecular weight excluding hydrogens is 612 g/mol. The van der Waals surface area contributed by atoms with Gasteiger partial charge < -0.3 is 24.6 Å². The third kappa shape index (κ3) is 8.28. The molecule has 6 rings (SSSR count). The third-order valence-electron chi connectivity index (χ3n) is 8.96. The Bertz CT molecular complexity index is 1650. The van der Waals surface area contributed by atoms with Gasteiger partial charge in [0.15, 0.2) is 0 Å². The molecule has 0 spiro atoms. The van der Waals surface area contributed by atoms with Crippen molar-refractivity contribution in [3.63, 3.8) is 0 Å². The summed E-state index contributed by atoms with van der Waals surface area (Å²) in [6.45, 7) is 9.94. The van der Waals surface area contributed by atoms with E-state index in [0.717, 1.165) is 63.1 Å². The molecule has 0 amide bonds. The lowest BCUT2D eigenvalue weighted by Gasteiger charge is -2.38. The monoisotopic (exact) mass is 656 g/mol. The van der Waals surface area contributed by atoms with Crippen LogP contribution in [0.3, 0.4) is 0 Å². The molecule has 254 valence electrons. The molecule has 14 nitrogen and oxygen atoms in total. The van der Waals surface area contributed by atoms with E-state index < -0.39 is 5.60 Å². The van der Waals surface area contributed by atoms with Gasteiger partial charge in [0, 0.05) is 50.1 Å². The van der Waals surface area contributed by atoms with Crippen LogP contribution in [0.25, 0.3) is 11.1 Å². The standard InChI is InChI=1S/C34H44N10O4/c1-24(20-43-23-36-22-39-43)47-31-16-25(4-5-26(31)17-35)27-18-37-33(38-19-27)40-30-21-44(41-32(30)48-34(2,3)10-13-45)29-8-6-28(7-9-29)42-11-14-46-15-12-42/h4-5,16,18-19,21-24,28-29,45H,6-15,20H2,1-3H3,(H,37,38,40)/t24-,28?,29?/m0/s1. The lowest BCUT2D eigenvalue weighted by atomic mass is 9.90. The second kappa shape index (κ2) is 15.1. The van der Waals surface area contributed by atoms with Gasteiger partial charge in [-0.3, -0.25) is 9.58 Å². The molecular formula is C34H44N10O4. The number of aromatic nitrogens is 7. The van der Waals surface area contributed by atoms with E-state index in [-0.39, 0.29) is 18.8 Å². The molecule has 3 aromatic heterocycles. The molecule has 2 fully saturated rings. The van der Waals surface area contributed by atoms with Gasteiger partial charge in [0.2, 0.25) is 5.95 Å². The van der Waals surface area contributed by atoms with Crippen LogP contribution in [-0.4, -0.2) is 95.2 Å². The summed E-state index contributed by atoms with van der Waals surface area (Å²) in [6, 6.07) is 8.47. The zero-order valence-corrected chi connectivity index (χ0v) is 27.8. The van der Waals surface area contributed by atoms with Gasteiger partial charge in [-0.25, -0.2) is 19.6 Å². The van der Waals surface area contributed by atoms with Gasteiger partial charge in [-0.1, -0.05) is 6.07 Å². The number of aliphatic hydroxyl groups excluding tert-OH is 1. The average molecular weight is 657 g/mol. The first-order valence-corrected chi connectivity index (χ1v) is 16.6. The highest BCUT2D eigenvalue weighted by molar-refractivity contribution is 5.67. The Hall–Kier alpha value is -4.58. The van der Waals surface area contributed by atoms with Gasteiger partial charge in [0.25, 0.3) is 5.88 Å². The number of ether oxygens (including phenoxy) is 3. The first-order chi connectivity index (χ1) is 23.3. The lowest BCUT2D eigenvalue weighted by Crippen LogP contribution is -2.45. The molecule has 2 N–H and O–H groups in total. The number of morpholine rings is 1. The Balaban J connectivity index is 1.16. The summed E-state index contributed by atoms with van der Waals surface area (Å²) in [5, 5.41) is 31.6. The van der Waals surface area contributed by atoms with Gasteiger partial charge in [0.05, 0.1) is 37.6 Å². The molecule has 4 aromatic rings. The molecule has 4 heterocycles. The van der Waals surface area contributed by atoms with Crippen molar-refractivity contribution in [2.45, 2.75) is 83.2 Å². The van der Waals surface area contributed by atoms with E-state index >= 15 is 0 Å². The highest BCUT2D eigenvalue weighted by Crippen LogP contribution is 2.36. The largest absolute Gasteiger partial charge is 0.487 e. The third-order valence-corrected chi connectivity index (χ3v) is 8.96. The minimum atomic E-state index is -0.620. The summed E-state index contributed by atoms with van der Waals surface area (Å²) in [5.41, 5.74) is 2.07. The zero-order chi connectivity index (χ0) is 33.5. The molecule has 1 aliphatic carbocycles. The van der Waals surface area contributed by atoms with E-state index in [0.29, 0.717) is 47.8 Å². The van der Waals surface area contributed by atoms with E-state index in [1.165, 1.54) is 6.33 Å². The summed E-state index contributed by atoms with van der Waals surface area (Å²) in [5.74, 6) is 1.32. The predicted molar refractivity (Wildman–Crippen MR) is 178 cm³/mol. The predicted octanol–water partition coefficient (Wildman–Crippen LogP) is 4.37. The van der Waals surface area contributed by atoms with Gasteiger partial charge >= 0.3 is 0 Å². The average Bonchev–Trinajstić information content (AvgIpc) is 3.75. The van der Waals surface area contributed by atoms with Crippen molar-refractivity contribution < 1.29 is 19.3 Å². The van der Waals surface area contributed by atoms with Crippen LogP contribution >= 0.6 is 0 Å². The summed E-state index contributed by atoms with van der Waals surface area (Å²) < 4.78 is 21.7. The van der Waals surface area contributed by atoms with Gasteiger partial charge in [-0.05, 0) is 64.2 Å². The fourth-order valence-electron chi connectivity index (χ4n) is 6.33. The molecule has 14 heteroatoms. The Morgan fingerprint density at radius 3 is 2.54 bits per heavy atom. The van der Waals surface area contributed by atoms with Crippen molar-refractivity contribution in [2.24, 2.45) is 0 Å². The Morgan fingerprint density at radius 2 is 1.85 bits per heavy atom. The number of hydrogen-bond acceptors (Lipinski definition) is 12. The second-order valence-corrected chi connectivity index (χ2v) is 13.1. The number of aliphatic hydroxyl groups is 1. The van der Waals surface area contributed by atoms with Gasteiger partial charge in [0.1, 0.15) is 41.9 Å². The molecule has 0 radical (unpaired) electrons. The number of anilines is 2. The van der Waals surface area contributed by atoms with E-state index in [1.54, 1.807) is 29.5 Å². The van der Waals surface area contributed by atoms with Gasteiger partial charge in [-0.15, -0.1) is 5.10 Å². The van der Waals surface area contributed by atoms with Crippen LogP contribution < -0.4 is 14.8 Å². The summed E-state index contributed by atoms with van der Waals surface area (Å²) in [6.07, 6.45) is 13.1. The maximum atomic E-state index is 9.67. The zero-order valence-electron chi connectivity index (χ0n) is 27.8. The van der Waals surface area contributed by atoms with Crippen LogP contribution in [-0.2, 0) is 11.3 Å². The van der Waals surface area contributed by atoms with Crippen LogP contribution in [0.5, 0.6) is 11.6 Å². The van der Waals surface area contributed by atoms with Crippen molar-refractivity contribution in [1.82, 2.24) is 39.4 Å². The molecule has 1 saturated heterocycles. The number of nitriles is 1. The SMILES string of the molecule is C[C@@H](Cn1cncn1)Oc1cc(-c2cnc(Nc3cn(C4CCC(N5CCOCC5)CC4)nc3OC(C)(C)CCO)nc2)ccc1C#N. The normalized spacial score (nSPS) is 19.4. The quantitative estimate of drug-likeness (QED) is 0.209. The maximum Gasteiger partial charge on any atom is 0.257 e. The fourth-order valence-corrected chi connectivity index (χ4v) is 6.33. The summed E-state index contributed by atoms with van der Waals surface area (Å²) in [7, 11) is 0. The number of benzene rings is 1. The smallest absolute Gasteiger partial charge is 0.257 e. The lowest BCUT2D eigenvalue weighted by molar-refractivity contribution is 0.00493. The molecule has 48 heavy (non-hydrogen) atoms. The van der Waals surface area contributed by atoms with Gasteiger partial charge in [-0.2, -0.15) is 10.4 Å². The molecule has 1 atom stereocenters. The number of nitrogens with one attached hydrogen (secondary N) is 1. The highest BCUT2D eigenvalue weighted by atomic mass is 16.5. The first-order valence-electron chi connectivity index (χ1n) is 16.6. The minimum Gasteiger partial charge on any atom is -0.487 e. The van der Waals surface area contributed by atoms with Crippen molar-refractivity contribution in [3.8, 4) is 28.8 Å². The summed E-state index contributed by atoms with van der Waals surface area (Å²) in [4.78, 5) is 15.7. The second-order valence-electron chi connectivity index (χ2n) is 13.1. The van der Waals surface area contributed by atoms with Crippen LogP contribution in [0.4, 0.5) is 11.6 Å².